The molecule has 0 saturated heterocycles. The second kappa shape index (κ2) is 5.13. The van der Waals surface area contributed by atoms with Crippen molar-refractivity contribution in [3.05, 3.63) is 46.1 Å². The van der Waals surface area contributed by atoms with Crippen molar-refractivity contribution in [3.8, 4) is 11.3 Å². The molecule has 2 aromatic rings. The maximum absolute atomic E-state index is 12.9. The molecule has 0 amide bonds. The Bertz CT molecular complexity index is 594. The molecule has 0 aliphatic heterocycles. The highest BCUT2D eigenvalue weighted by molar-refractivity contribution is 5.64. The number of nitro groups is 1. The van der Waals surface area contributed by atoms with E-state index in [1.54, 1.807) is 6.92 Å². The van der Waals surface area contributed by atoms with Crippen LogP contribution in [0.5, 0.6) is 0 Å². The first-order chi connectivity index (χ1) is 9.02. The number of nitro benzene ring substituents is 1. The Hall–Kier alpha value is -2.31. The highest BCUT2D eigenvalue weighted by Gasteiger charge is 2.19. The molecule has 0 unspecified atom stereocenters. The minimum Gasteiger partial charge on any atom is -0.272 e. The van der Waals surface area contributed by atoms with Gasteiger partial charge in [0, 0.05) is 30.4 Å². The summed E-state index contributed by atoms with van der Waals surface area (Å²) in [5, 5.41) is 14.6. The van der Waals surface area contributed by atoms with Crippen LogP contribution in [0.2, 0.25) is 0 Å². The van der Waals surface area contributed by atoms with Gasteiger partial charge in [-0.3, -0.25) is 14.8 Å². The first kappa shape index (κ1) is 13.1. The van der Waals surface area contributed by atoms with Gasteiger partial charge in [0.1, 0.15) is 5.69 Å². The van der Waals surface area contributed by atoms with E-state index >= 15 is 0 Å². The van der Waals surface area contributed by atoms with Crippen LogP contribution < -0.4 is 0 Å². The fourth-order valence-electron chi connectivity index (χ4n) is 1.72. The van der Waals surface area contributed by atoms with Gasteiger partial charge in [-0.15, -0.1) is 0 Å². The lowest BCUT2D eigenvalue weighted by Crippen LogP contribution is -1.94. The van der Waals surface area contributed by atoms with Gasteiger partial charge in [0.25, 0.3) is 12.1 Å². The zero-order chi connectivity index (χ0) is 14.0. The molecule has 1 aromatic heterocycles. The second-order valence-electron chi connectivity index (χ2n) is 3.89. The summed E-state index contributed by atoms with van der Waals surface area (Å²) in [7, 11) is 0. The van der Waals surface area contributed by atoms with E-state index in [-0.39, 0.29) is 16.9 Å². The molecule has 0 radical (unpaired) electrons. The molecule has 1 aromatic carbocycles. The zero-order valence-corrected chi connectivity index (χ0v) is 10.1. The molecule has 0 spiro atoms. The van der Waals surface area contributed by atoms with Gasteiger partial charge in [-0.2, -0.15) is 5.10 Å². The highest BCUT2D eigenvalue weighted by Crippen LogP contribution is 2.30. The van der Waals surface area contributed by atoms with E-state index < -0.39 is 11.3 Å². The summed E-state index contributed by atoms with van der Waals surface area (Å²) in [6.07, 6.45) is -1.34. The topological polar surface area (TPSA) is 61.0 Å². The van der Waals surface area contributed by atoms with Crippen LogP contribution in [-0.2, 0) is 6.54 Å². The van der Waals surface area contributed by atoms with E-state index in [9.17, 15) is 18.9 Å². The summed E-state index contributed by atoms with van der Waals surface area (Å²) < 4.78 is 27.2. The molecule has 0 saturated carbocycles. The number of hydrogen-bond acceptors (Lipinski definition) is 3. The lowest BCUT2D eigenvalue weighted by Gasteiger charge is -2.00. The van der Waals surface area contributed by atoms with Gasteiger partial charge < -0.3 is 0 Å². The molecule has 0 N–H and O–H groups in total. The first-order valence-electron chi connectivity index (χ1n) is 5.63. The number of alkyl halides is 2. The van der Waals surface area contributed by atoms with Gasteiger partial charge in [0.15, 0.2) is 0 Å². The van der Waals surface area contributed by atoms with Crippen molar-refractivity contribution in [1.82, 2.24) is 9.78 Å². The summed E-state index contributed by atoms with van der Waals surface area (Å²) in [6.45, 7) is 2.27. The van der Waals surface area contributed by atoms with Crippen molar-refractivity contribution in [2.75, 3.05) is 0 Å². The summed E-state index contributed by atoms with van der Waals surface area (Å²) in [5.74, 6) is 0. The van der Waals surface area contributed by atoms with Crippen LogP contribution in [0.4, 0.5) is 14.5 Å². The second-order valence-corrected chi connectivity index (χ2v) is 3.89. The average Bonchev–Trinajstić information content (AvgIpc) is 2.83. The minimum atomic E-state index is -2.63. The summed E-state index contributed by atoms with van der Waals surface area (Å²) in [5.41, 5.74) is 0.341. The molecule has 0 aliphatic rings. The van der Waals surface area contributed by atoms with Gasteiger partial charge in [-0.05, 0) is 19.1 Å². The Kier molecular flexibility index (Phi) is 3.55. The van der Waals surface area contributed by atoms with Crippen molar-refractivity contribution in [1.29, 1.82) is 0 Å². The van der Waals surface area contributed by atoms with Crippen LogP contribution in [0.3, 0.4) is 0 Å². The first-order valence-corrected chi connectivity index (χ1v) is 5.63. The van der Waals surface area contributed by atoms with E-state index in [0.717, 1.165) is 0 Å². The van der Waals surface area contributed by atoms with Crippen molar-refractivity contribution in [3.63, 3.8) is 0 Å². The number of non-ortho nitro benzene ring substituents is 1. The Labute approximate surface area is 107 Å². The van der Waals surface area contributed by atoms with E-state index in [2.05, 4.69) is 5.10 Å². The molecule has 0 atom stereocenters. The van der Waals surface area contributed by atoms with E-state index in [4.69, 9.17) is 0 Å². The predicted molar refractivity (Wildman–Crippen MR) is 64.9 cm³/mol. The quantitative estimate of drug-likeness (QED) is 0.630. The van der Waals surface area contributed by atoms with E-state index in [1.165, 1.54) is 35.1 Å². The van der Waals surface area contributed by atoms with Crippen molar-refractivity contribution in [2.24, 2.45) is 0 Å². The molecular weight excluding hydrogens is 256 g/mol. The van der Waals surface area contributed by atoms with Crippen molar-refractivity contribution in [2.45, 2.75) is 19.9 Å². The van der Waals surface area contributed by atoms with Crippen LogP contribution in [0.15, 0.2) is 30.5 Å². The average molecular weight is 267 g/mol. The molecule has 0 bridgehead atoms. The molecule has 1 heterocycles. The molecule has 19 heavy (non-hydrogen) atoms. The lowest BCUT2D eigenvalue weighted by atomic mass is 10.1. The largest absolute Gasteiger partial charge is 0.272 e. The number of halogens is 2. The molecule has 0 fully saturated rings. The van der Waals surface area contributed by atoms with Crippen LogP contribution >= 0.6 is 0 Å². The normalized spacial score (nSPS) is 10.9. The van der Waals surface area contributed by atoms with Crippen LogP contribution in [0.25, 0.3) is 11.3 Å². The number of aryl methyl sites for hydroxylation is 1. The van der Waals surface area contributed by atoms with Crippen LogP contribution in [0, 0.1) is 10.1 Å². The van der Waals surface area contributed by atoms with Crippen molar-refractivity contribution >= 4 is 5.69 Å². The Morgan fingerprint density at radius 2 is 2.00 bits per heavy atom. The van der Waals surface area contributed by atoms with Gasteiger partial charge in [0.05, 0.1) is 10.5 Å². The zero-order valence-electron chi connectivity index (χ0n) is 10.1. The van der Waals surface area contributed by atoms with E-state index in [1.807, 2.05) is 0 Å². The summed E-state index contributed by atoms with van der Waals surface area (Å²) in [4.78, 5) is 10.0. The maximum atomic E-state index is 12.9. The fourth-order valence-corrected chi connectivity index (χ4v) is 1.72. The smallest absolute Gasteiger partial charge is 0.269 e. The third-order valence-corrected chi connectivity index (χ3v) is 2.70. The lowest BCUT2D eigenvalue weighted by molar-refractivity contribution is -0.384. The molecule has 100 valence electrons. The summed E-state index contributed by atoms with van der Waals surface area (Å²) in [6, 6.07) is 5.39. The number of nitrogens with zero attached hydrogens (tertiary/aromatic N) is 3. The van der Waals surface area contributed by atoms with Gasteiger partial charge in [0.2, 0.25) is 0 Å². The number of aromatic nitrogens is 2. The SMILES string of the molecule is CCn1cc(C(F)F)c(-c2ccc([N+](=O)[O-])cc2)n1. The molecule has 0 aliphatic carbocycles. The third-order valence-electron chi connectivity index (χ3n) is 2.70. The molecule has 7 heteroatoms. The van der Waals surface area contributed by atoms with Crippen LogP contribution in [-0.4, -0.2) is 14.7 Å². The Balaban J connectivity index is 2.45. The highest BCUT2D eigenvalue weighted by atomic mass is 19.3. The molecule has 5 nitrogen and oxygen atoms in total. The third kappa shape index (κ3) is 2.59. The fraction of sp³-hybridized carbons (Fsp3) is 0.250. The predicted octanol–water partition coefficient (Wildman–Crippen LogP) is 3.42. The summed E-state index contributed by atoms with van der Waals surface area (Å²) >= 11 is 0. The Morgan fingerprint density at radius 1 is 1.37 bits per heavy atom. The number of hydrogen-bond donors (Lipinski definition) is 0. The number of rotatable bonds is 4. The minimum absolute atomic E-state index is 0.0859. The van der Waals surface area contributed by atoms with Crippen molar-refractivity contribution < 1.29 is 13.7 Å². The Morgan fingerprint density at radius 3 is 2.47 bits per heavy atom. The maximum Gasteiger partial charge on any atom is 0.269 e. The van der Waals surface area contributed by atoms with Gasteiger partial charge in [-0.25, -0.2) is 8.78 Å². The van der Waals surface area contributed by atoms with Gasteiger partial charge in [-0.1, -0.05) is 0 Å². The van der Waals surface area contributed by atoms with E-state index in [0.29, 0.717) is 12.1 Å². The standard InChI is InChI=1S/C12H11F2N3O2/c1-2-16-7-10(12(13)14)11(15-16)8-3-5-9(6-4-8)17(18)19/h3-7,12H,2H2,1H3. The van der Waals surface area contributed by atoms with Crippen LogP contribution in [0.1, 0.15) is 18.9 Å². The molecule has 2 rings (SSSR count). The number of benzene rings is 1. The monoisotopic (exact) mass is 267 g/mol. The molecular formula is C12H11F2N3O2. The van der Waals surface area contributed by atoms with Gasteiger partial charge >= 0.3 is 0 Å².